The number of benzene rings is 10. The Bertz CT molecular complexity index is 3290. The van der Waals surface area contributed by atoms with E-state index in [0.717, 1.165) is 22.7 Å². The predicted octanol–water partition coefficient (Wildman–Crippen LogP) is 15.3. The van der Waals surface area contributed by atoms with Gasteiger partial charge in [-0.3, -0.25) is 0 Å². The van der Waals surface area contributed by atoms with Crippen molar-refractivity contribution in [3.63, 3.8) is 0 Å². The lowest BCUT2D eigenvalue weighted by Gasteiger charge is -2.34. The standard InChI is InChI=1S/C57H36N2/c1-2-14-39-35-42(28-27-37(39)13-1)58(40-29-31-41(32-30-40)59-54-25-10-6-20-48(54)49-21-11-15-38-16-12-26-55(59)56(38)49)43-33-34-47-46-19-5-9-24-52(46)57(53(47)36-43)50-22-7-3-17-44(50)45-18-4-8-23-51(45)57/h1-36H. The second-order valence-corrected chi connectivity index (χ2v) is 16.0. The number of para-hydroxylation sites is 1. The maximum absolute atomic E-state index is 2.48. The zero-order valence-corrected chi connectivity index (χ0v) is 32.2. The van der Waals surface area contributed by atoms with Gasteiger partial charge in [0.2, 0.25) is 0 Å². The molecule has 0 atom stereocenters. The van der Waals surface area contributed by atoms with Gasteiger partial charge in [0.05, 0.1) is 16.8 Å². The number of fused-ring (bicyclic) bond motifs is 13. The Kier molecular flexibility index (Phi) is 6.68. The summed E-state index contributed by atoms with van der Waals surface area (Å²) < 4.78 is 0. The van der Waals surface area contributed by atoms with Crippen LogP contribution in [-0.4, -0.2) is 0 Å². The van der Waals surface area contributed by atoms with Crippen LogP contribution in [0.15, 0.2) is 218 Å². The third kappa shape index (κ3) is 4.40. The first kappa shape index (κ1) is 32.4. The Hall–Kier alpha value is -7.68. The second-order valence-electron chi connectivity index (χ2n) is 16.0. The van der Waals surface area contributed by atoms with Crippen molar-refractivity contribution in [1.82, 2.24) is 0 Å². The maximum Gasteiger partial charge on any atom is 0.0726 e. The summed E-state index contributed by atoms with van der Waals surface area (Å²) in [7, 11) is 0. The van der Waals surface area contributed by atoms with Crippen LogP contribution in [0.5, 0.6) is 0 Å². The van der Waals surface area contributed by atoms with E-state index in [0.29, 0.717) is 0 Å². The molecular formula is C57H36N2. The van der Waals surface area contributed by atoms with Crippen molar-refractivity contribution in [3.8, 4) is 33.4 Å². The van der Waals surface area contributed by atoms with Gasteiger partial charge in [0, 0.05) is 33.7 Å². The van der Waals surface area contributed by atoms with Crippen LogP contribution in [0.1, 0.15) is 22.3 Å². The van der Waals surface area contributed by atoms with Gasteiger partial charge in [-0.25, -0.2) is 0 Å². The van der Waals surface area contributed by atoms with Crippen molar-refractivity contribution in [1.29, 1.82) is 0 Å². The topological polar surface area (TPSA) is 6.48 Å². The molecule has 0 fully saturated rings. The number of hydrogen-bond acceptors (Lipinski definition) is 2. The van der Waals surface area contributed by atoms with E-state index in [2.05, 4.69) is 228 Å². The molecule has 0 N–H and O–H groups in total. The third-order valence-corrected chi connectivity index (χ3v) is 13.2. The molecule has 2 nitrogen and oxygen atoms in total. The molecule has 274 valence electrons. The summed E-state index contributed by atoms with van der Waals surface area (Å²) in [4.78, 5) is 4.88. The van der Waals surface area contributed by atoms with Gasteiger partial charge in [-0.05, 0) is 127 Å². The van der Waals surface area contributed by atoms with E-state index < -0.39 is 5.41 Å². The van der Waals surface area contributed by atoms with Crippen LogP contribution in [0.4, 0.5) is 34.1 Å². The van der Waals surface area contributed by atoms with Crippen LogP contribution in [0.2, 0.25) is 0 Å². The van der Waals surface area contributed by atoms with Crippen LogP contribution >= 0.6 is 0 Å². The highest BCUT2D eigenvalue weighted by molar-refractivity contribution is 6.13. The monoisotopic (exact) mass is 748 g/mol. The number of rotatable bonds is 4. The summed E-state index contributed by atoms with van der Waals surface area (Å²) in [5.74, 6) is 0. The van der Waals surface area contributed by atoms with Gasteiger partial charge in [-0.15, -0.1) is 0 Å². The Morgan fingerprint density at radius 3 is 1.51 bits per heavy atom. The third-order valence-electron chi connectivity index (χ3n) is 13.2. The molecule has 0 saturated heterocycles. The minimum atomic E-state index is -0.424. The van der Waals surface area contributed by atoms with E-state index in [4.69, 9.17) is 0 Å². The van der Waals surface area contributed by atoms with Crippen molar-refractivity contribution in [2.75, 3.05) is 9.80 Å². The van der Waals surface area contributed by atoms with E-state index in [1.54, 1.807) is 0 Å². The second kappa shape index (κ2) is 12.2. The van der Waals surface area contributed by atoms with Crippen LogP contribution in [0, 0.1) is 0 Å². The fourth-order valence-corrected chi connectivity index (χ4v) is 10.8. The molecule has 2 heteroatoms. The van der Waals surface area contributed by atoms with E-state index in [1.165, 1.54) is 88.6 Å². The SMILES string of the molecule is c1ccc2c(c1)-c1cccc3cccc(c13)N2c1ccc(N(c2ccc3c(c2)C2(c4ccccc4-c4ccccc42)c2ccccc2-3)c2ccc3ccccc3c2)cc1. The molecule has 0 unspecified atom stereocenters. The highest BCUT2D eigenvalue weighted by Crippen LogP contribution is 2.63. The van der Waals surface area contributed by atoms with E-state index in [-0.39, 0.29) is 0 Å². The largest absolute Gasteiger partial charge is 0.310 e. The zero-order chi connectivity index (χ0) is 38.7. The number of hydrogen-bond donors (Lipinski definition) is 0. The van der Waals surface area contributed by atoms with E-state index in [1.807, 2.05) is 0 Å². The van der Waals surface area contributed by atoms with Crippen molar-refractivity contribution in [3.05, 3.63) is 241 Å². The first-order valence-corrected chi connectivity index (χ1v) is 20.5. The van der Waals surface area contributed by atoms with Gasteiger partial charge in [-0.2, -0.15) is 0 Å². The molecule has 10 aromatic carbocycles. The maximum atomic E-state index is 2.48. The lowest BCUT2D eigenvalue weighted by Crippen LogP contribution is -2.26. The highest BCUT2D eigenvalue weighted by Gasteiger charge is 2.51. The Morgan fingerprint density at radius 2 is 0.797 bits per heavy atom. The Balaban J connectivity index is 1.02. The predicted molar refractivity (Wildman–Crippen MR) is 246 cm³/mol. The van der Waals surface area contributed by atoms with E-state index >= 15 is 0 Å². The van der Waals surface area contributed by atoms with Crippen molar-refractivity contribution in [2.24, 2.45) is 0 Å². The quantitative estimate of drug-likeness (QED) is 0.177. The molecule has 1 aliphatic heterocycles. The van der Waals surface area contributed by atoms with Crippen molar-refractivity contribution < 1.29 is 0 Å². The molecule has 0 amide bonds. The van der Waals surface area contributed by atoms with Crippen LogP contribution in [0.25, 0.3) is 54.9 Å². The molecule has 0 radical (unpaired) electrons. The Labute approximate surface area is 343 Å². The fourth-order valence-electron chi connectivity index (χ4n) is 10.8. The minimum absolute atomic E-state index is 0.424. The molecule has 0 aromatic heterocycles. The van der Waals surface area contributed by atoms with Gasteiger partial charge in [-0.1, -0.05) is 158 Å². The molecule has 0 bridgehead atoms. The molecule has 0 saturated carbocycles. The van der Waals surface area contributed by atoms with E-state index in [9.17, 15) is 0 Å². The summed E-state index contributed by atoms with van der Waals surface area (Å²) >= 11 is 0. The number of anilines is 6. The molecule has 1 spiro atoms. The Morgan fingerprint density at radius 1 is 0.305 bits per heavy atom. The molecule has 10 aromatic rings. The molecule has 1 heterocycles. The lowest BCUT2D eigenvalue weighted by molar-refractivity contribution is 0.793. The average molecular weight is 749 g/mol. The van der Waals surface area contributed by atoms with Gasteiger partial charge in [0.25, 0.3) is 0 Å². The first-order valence-electron chi connectivity index (χ1n) is 20.5. The van der Waals surface area contributed by atoms with Crippen LogP contribution in [-0.2, 0) is 5.41 Å². The molecule has 59 heavy (non-hydrogen) atoms. The van der Waals surface area contributed by atoms with Gasteiger partial charge < -0.3 is 9.80 Å². The fraction of sp³-hybridized carbons (Fsp3) is 0.0175. The molecule has 2 aliphatic carbocycles. The average Bonchev–Trinajstić information content (AvgIpc) is 3.77. The molecule has 3 aliphatic rings. The summed E-state index contributed by atoms with van der Waals surface area (Å²) in [6.07, 6.45) is 0. The highest BCUT2D eigenvalue weighted by atomic mass is 15.2. The summed E-state index contributed by atoms with van der Waals surface area (Å²) in [5, 5.41) is 4.99. The van der Waals surface area contributed by atoms with Crippen molar-refractivity contribution in [2.45, 2.75) is 5.41 Å². The van der Waals surface area contributed by atoms with Crippen LogP contribution < -0.4 is 9.80 Å². The summed E-state index contributed by atoms with van der Waals surface area (Å²) in [5.41, 5.74) is 19.6. The number of nitrogens with zero attached hydrogens (tertiary/aromatic N) is 2. The van der Waals surface area contributed by atoms with Crippen LogP contribution in [0.3, 0.4) is 0 Å². The summed E-state index contributed by atoms with van der Waals surface area (Å²) in [6.45, 7) is 0. The zero-order valence-electron chi connectivity index (χ0n) is 32.2. The van der Waals surface area contributed by atoms with Gasteiger partial charge in [0.1, 0.15) is 0 Å². The van der Waals surface area contributed by atoms with Gasteiger partial charge in [0.15, 0.2) is 0 Å². The first-order chi connectivity index (χ1) is 29.3. The smallest absolute Gasteiger partial charge is 0.0726 e. The molecule has 13 rings (SSSR count). The van der Waals surface area contributed by atoms with Crippen molar-refractivity contribution >= 4 is 55.7 Å². The molecular weight excluding hydrogens is 713 g/mol. The normalized spacial score (nSPS) is 13.5. The van der Waals surface area contributed by atoms with Gasteiger partial charge >= 0.3 is 0 Å². The summed E-state index contributed by atoms with van der Waals surface area (Å²) in [6, 6.07) is 81.1. The lowest BCUT2D eigenvalue weighted by atomic mass is 9.70. The minimum Gasteiger partial charge on any atom is -0.310 e.